The SMILES string of the molecule is [2H]P([B][3H])SOC(C)/C=C/CCCCO. The van der Waals surface area contributed by atoms with Crippen LogP contribution in [0.25, 0.3) is 0 Å². The molecule has 0 saturated heterocycles. The van der Waals surface area contributed by atoms with Crippen molar-refractivity contribution < 1.29 is 9.29 Å². The molecule has 5 heteroatoms. The lowest BCUT2D eigenvalue weighted by Gasteiger charge is -2.04. The molecule has 2 nitrogen and oxygen atoms in total. The van der Waals surface area contributed by atoms with Crippen molar-refractivity contribution in [3.05, 3.63) is 12.2 Å². The third-order valence-corrected chi connectivity index (χ3v) is 2.42. The summed E-state index contributed by atoms with van der Waals surface area (Å²) in [6.45, 7) is 2.15. The summed E-state index contributed by atoms with van der Waals surface area (Å²) >= 11 is 1.05. The molecular weight excluding hydrogens is 202 g/mol. The fourth-order valence-electron chi connectivity index (χ4n) is 0.787. The fourth-order valence-corrected chi connectivity index (χ4v) is 1.59. The van der Waals surface area contributed by atoms with Crippen LogP contribution in [0.5, 0.6) is 0 Å². The van der Waals surface area contributed by atoms with Gasteiger partial charge < -0.3 is 9.29 Å². The van der Waals surface area contributed by atoms with Crippen LogP contribution in [0.1, 0.15) is 26.2 Å². The van der Waals surface area contributed by atoms with Crippen LogP contribution >= 0.6 is 19.3 Å². The van der Waals surface area contributed by atoms with Gasteiger partial charge in [0.05, 0.1) is 7.38 Å². The Labute approximate surface area is 90.3 Å². The van der Waals surface area contributed by atoms with E-state index in [-0.39, 0.29) is 12.7 Å². The maximum absolute atomic E-state index is 8.56. The monoisotopic (exact) mass is 222 g/mol. The molecule has 1 N–H and O–H groups in total. The van der Waals surface area contributed by atoms with Gasteiger partial charge in [-0.2, -0.15) is 0 Å². The molecule has 0 aliphatic heterocycles. The van der Waals surface area contributed by atoms with Gasteiger partial charge in [0.15, 0.2) is 0 Å². The van der Waals surface area contributed by atoms with E-state index in [4.69, 9.17) is 11.9 Å². The van der Waals surface area contributed by atoms with E-state index in [0.717, 1.165) is 38.5 Å². The number of hydrogen-bond acceptors (Lipinski definition) is 3. The van der Waals surface area contributed by atoms with Crippen molar-refractivity contribution in [1.29, 1.82) is 2.61 Å². The van der Waals surface area contributed by atoms with Gasteiger partial charge in [0.25, 0.3) is 0 Å². The van der Waals surface area contributed by atoms with Crippen molar-refractivity contribution in [1.82, 2.24) is 0 Å². The number of rotatable bonds is 9. The van der Waals surface area contributed by atoms with Gasteiger partial charge in [-0.05, 0) is 27.5 Å². The Kier molecular flexibility index (Phi) is 8.17. The van der Waals surface area contributed by atoms with Crippen LogP contribution in [0, 0.1) is 0 Å². The van der Waals surface area contributed by atoms with Gasteiger partial charge >= 0.3 is 0 Å². The lowest BCUT2D eigenvalue weighted by Crippen LogP contribution is -1.96. The molecule has 0 aromatic heterocycles. The molecule has 2 unspecified atom stereocenters. The molecule has 75 valence electrons. The minimum atomic E-state index is -1.22. The van der Waals surface area contributed by atoms with Crippen LogP contribution in [0.2, 0.25) is 0 Å². The van der Waals surface area contributed by atoms with Gasteiger partial charge in [0.1, 0.15) is 7.53 Å². The van der Waals surface area contributed by atoms with E-state index < -0.39 is 7.61 Å². The van der Waals surface area contributed by atoms with Crippen LogP contribution < -0.4 is 0 Å². The smallest absolute Gasteiger partial charge is 0.137 e. The third kappa shape index (κ3) is 10.4. The van der Waals surface area contributed by atoms with Gasteiger partial charge in [0.2, 0.25) is 0 Å². The summed E-state index contributed by atoms with van der Waals surface area (Å²) < 4.78 is 19.4. The molecule has 0 rings (SSSR count). The van der Waals surface area contributed by atoms with E-state index in [9.17, 15) is 0 Å². The van der Waals surface area contributed by atoms with Gasteiger partial charge in [0, 0.05) is 18.3 Å². The second kappa shape index (κ2) is 10.6. The predicted octanol–water partition coefficient (Wildman–Crippen LogP) is 2.17. The average Bonchev–Trinajstić information content (AvgIpc) is 2.25. The fraction of sp³-hybridized carbons (Fsp3) is 0.750. The van der Waals surface area contributed by atoms with Crippen LogP contribution in [-0.2, 0) is 4.18 Å². The first kappa shape index (κ1) is 10.0. The highest BCUT2D eigenvalue weighted by atomic mass is 32.7. The summed E-state index contributed by atoms with van der Waals surface area (Å²) in [7, 11) is -0.121. The minimum absolute atomic E-state index is 0.0283. The quantitative estimate of drug-likeness (QED) is 0.213. The molecule has 0 aromatic rings. The number of aliphatic hydroxyl groups is 1. The van der Waals surface area contributed by atoms with Crippen molar-refractivity contribution in [2.45, 2.75) is 32.3 Å². The van der Waals surface area contributed by atoms with E-state index in [1.54, 1.807) is 0 Å². The highest BCUT2D eigenvalue weighted by Crippen LogP contribution is 2.26. The molecule has 0 bridgehead atoms. The van der Waals surface area contributed by atoms with Crippen molar-refractivity contribution in [2.24, 2.45) is 0 Å². The normalized spacial score (nSPS) is 18.0. The standard InChI is InChI=1S/C8H17BO2PS/c1-8(11-13-12-9)6-4-2-3-5-7-10/h4,6,8-10,12H,2-3,5,7H2,1H3/b6-4+/i9T,12D. The second-order valence-electron chi connectivity index (χ2n) is 2.63. The molecule has 1 radical (unpaired) electrons. The van der Waals surface area contributed by atoms with Gasteiger partial charge in [-0.15, -0.1) is 0 Å². The number of hydrogen-bond donors (Lipinski definition) is 1. The predicted molar refractivity (Wildman–Crippen MR) is 63.7 cm³/mol. The van der Waals surface area contributed by atoms with Gasteiger partial charge in [-0.3, -0.25) is 0 Å². The zero-order chi connectivity index (χ0) is 11.5. The summed E-state index contributed by atoms with van der Waals surface area (Å²) in [6, 6.07) is 0. The largest absolute Gasteiger partial charge is 0.396 e. The molecule has 0 aromatic carbocycles. The summed E-state index contributed by atoms with van der Waals surface area (Å²) in [5.41, 5.74) is 0. The van der Waals surface area contributed by atoms with Crippen molar-refractivity contribution in [3.8, 4) is 0 Å². The first-order chi connectivity index (χ1) is 7.20. The van der Waals surface area contributed by atoms with E-state index in [2.05, 4.69) is 0 Å². The third-order valence-electron chi connectivity index (χ3n) is 1.42. The molecule has 0 saturated carbocycles. The molecule has 0 spiro atoms. The molecule has 13 heavy (non-hydrogen) atoms. The van der Waals surface area contributed by atoms with Crippen LogP contribution in [0.3, 0.4) is 0 Å². The lowest BCUT2D eigenvalue weighted by atomic mass is 10.2. The van der Waals surface area contributed by atoms with Crippen molar-refractivity contribution >= 4 is 26.8 Å². The Morgan fingerprint density at radius 2 is 2.77 bits per heavy atom. The Morgan fingerprint density at radius 1 is 1.92 bits per heavy atom. The Bertz CT molecular complexity index is 177. The second-order valence-corrected chi connectivity index (χ2v) is 4.26. The molecule has 0 fully saturated rings. The van der Waals surface area contributed by atoms with E-state index in [1.165, 1.54) is 0 Å². The lowest BCUT2D eigenvalue weighted by molar-refractivity contribution is 0.285. The van der Waals surface area contributed by atoms with Crippen LogP contribution in [-0.4, -0.2) is 28.0 Å². The highest BCUT2D eigenvalue weighted by molar-refractivity contribution is 8.53. The Morgan fingerprint density at radius 3 is 3.46 bits per heavy atom. The summed E-state index contributed by atoms with van der Waals surface area (Å²) in [5.74, 6) is 0. The van der Waals surface area contributed by atoms with Crippen LogP contribution in [0.4, 0.5) is 0 Å². The maximum atomic E-state index is 8.56. The Balaban J connectivity index is 3.42. The summed E-state index contributed by atoms with van der Waals surface area (Å²) in [4.78, 5) is 0. The maximum Gasteiger partial charge on any atom is 0.137 e. The number of aliphatic hydroxyl groups excluding tert-OH is 1. The van der Waals surface area contributed by atoms with Gasteiger partial charge in [-0.25, -0.2) is 0 Å². The van der Waals surface area contributed by atoms with Crippen molar-refractivity contribution in [2.75, 3.05) is 6.61 Å². The molecular formula is C8H17BO2PS. The minimum Gasteiger partial charge on any atom is -0.396 e. The zero-order valence-electron chi connectivity index (χ0n) is 9.85. The van der Waals surface area contributed by atoms with E-state index in [0.29, 0.717) is 0 Å². The number of allylic oxidation sites excluding steroid dienone is 1. The highest BCUT2D eigenvalue weighted by Gasteiger charge is 1.94. The molecule has 0 heterocycles. The topological polar surface area (TPSA) is 29.5 Å². The average molecular weight is 222 g/mol. The molecule has 2 atom stereocenters. The molecule has 0 aliphatic rings. The summed E-state index contributed by atoms with van der Waals surface area (Å²) in [6.07, 6.45) is 6.70. The van der Waals surface area contributed by atoms with Crippen LogP contribution in [0.15, 0.2) is 12.2 Å². The first-order valence-electron chi connectivity index (χ1n) is 5.34. The Hall–Kier alpha value is 0.505. The zero-order valence-corrected chi connectivity index (χ0v) is 9.56. The number of unbranched alkanes of at least 4 members (excludes halogenated alkanes) is 2. The molecule has 0 aliphatic carbocycles. The van der Waals surface area contributed by atoms with Gasteiger partial charge in [-0.1, -0.05) is 19.8 Å². The van der Waals surface area contributed by atoms with Crippen molar-refractivity contribution in [3.63, 3.8) is 0 Å². The summed E-state index contributed by atoms with van der Waals surface area (Å²) in [5, 5.41) is 8.56. The molecule has 0 amide bonds. The van der Waals surface area contributed by atoms with E-state index >= 15 is 0 Å². The van der Waals surface area contributed by atoms with E-state index in [1.807, 2.05) is 19.1 Å². The first-order valence-corrected chi connectivity index (χ1v) is 6.62.